The SMILES string of the molecule is CC(C)OP(=O)(O)O[C@H]1[C@@H](O)[C@H](C)O[C@@H]1COP(=O)(O)O[C@H]1[C@@H](O)[C@H](C)O[C@@H]1COP(C)(=O)O. The molecule has 18 heteroatoms. The highest BCUT2D eigenvalue weighted by Gasteiger charge is 2.49. The molecule has 2 aliphatic heterocycles. The molecule has 0 aliphatic carbocycles. The predicted molar refractivity (Wildman–Crippen MR) is 114 cm³/mol. The molecule has 2 rings (SSSR count). The van der Waals surface area contributed by atoms with Crippen LogP contribution < -0.4 is 0 Å². The number of aliphatic hydroxyl groups excluding tert-OH is 2. The maximum atomic E-state index is 12.5. The Morgan fingerprint density at radius 1 is 0.794 bits per heavy atom. The van der Waals surface area contributed by atoms with Crippen LogP contribution in [0.4, 0.5) is 0 Å². The zero-order valence-electron chi connectivity index (χ0n) is 19.3. The first-order chi connectivity index (χ1) is 15.4. The van der Waals surface area contributed by atoms with Gasteiger partial charge in [0.1, 0.15) is 36.6 Å². The van der Waals surface area contributed by atoms with Gasteiger partial charge in [-0.05, 0) is 27.7 Å². The Balaban J connectivity index is 2.03. The third kappa shape index (κ3) is 8.95. The Labute approximate surface area is 197 Å². The Morgan fingerprint density at radius 3 is 1.62 bits per heavy atom. The number of aliphatic hydroxyl groups is 2. The third-order valence-corrected chi connectivity index (χ3v) is 7.69. The Hall–Kier alpha value is 0.210. The molecule has 0 amide bonds. The van der Waals surface area contributed by atoms with Crippen LogP contribution in [0, 0.1) is 0 Å². The molecule has 5 N–H and O–H groups in total. The van der Waals surface area contributed by atoms with Crippen LogP contribution in [0.5, 0.6) is 0 Å². The van der Waals surface area contributed by atoms with Crippen molar-refractivity contribution in [3.8, 4) is 0 Å². The van der Waals surface area contributed by atoms with Crippen LogP contribution in [-0.2, 0) is 45.8 Å². The largest absolute Gasteiger partial charge is 0.472 e. The van der Waals surface area contributed by atoms with Crippen molar-refractivity contribution in [2.24, 2.45) is 0 Å². The molecule has 2 fully saturated rings. The van der Waals surface area contributed by atoms with Gasteiger partial charge in [0, 0.05) is 6.66 Å². The average molecular weight is 558 g/mol. The van der Waals surface area contributed by atoms with Crippen LogP contribution in [0.25, 0.3) is 0 Å². The topological polar surface area (TPSA) is 217 Å². The smallest absolute Gasteiger partial charge is 0.388 e. The molecule has 15 nitrogen and oxygen atoms in total. The molecule has 34 heavy (non-hydrogen) atoms. The van der Waals surface area contributed by atoms with Crippen molar-refractivity contribution in [1.29, 1.82) is 0 Å². The minimum atomic E-state index is -4.91. The van der Waals surface area contributed by atoms with Crippen LogP contribution in [-0.4, -0.2) is 99.7 Å². The lowest BCUT2D eigenvalue weighted by molar-refractivity contribution is -0.0374. The zero-order chi connectivity index (χ0) is 26.1. The molecule has 0 aromatic rings. The van der Waals surface area contributed by atoms with Gasteiger partial charge in [-0.1, -0.05) is 0 Å². The summed E-state index contributed by atoms with van der Waals surface area (Å²) in [5.74, 6) is 0. The van der Waals surface area contributed by atoms with Gasteiger partial charge in [0.25, 0.3) is 0 Å². The van der Waals surface area contributed by atoms with E-state index in [0.29, 0.717) is 0 Å². The van der Waals surface area contributed by atoms with E-state index >= 15 is 0 Å². The first-order valence-electron chi connectivity index (χ1n) is 10.4. The molecule has 2 saturated heterocycles. The Bertz CT molecular complexity index is 817. The first-order valence-corrected chi connectivity index (χ1v) is 15.4. The fourth-order valence-corrected chi connectivity index (χ4v) is 5.92. The van der Waals surface area contributed by atoms with E-state index in [-0.39, 0.29) is 0 Å². The molecule has 2 aliphatic rings. The molecule has 2 heterocycles. The normalized spacial score (nSPS) is 39.6. The van der Waals surface area contributed by atoms with Crippen LogP contribution in [0.1, 0.15) is 27.7 Å². The van der Waals surface area contributed by atoms with Gasteiger partial charge in [0.05, 0.1) is 31.5 Å². The third-order valence-electron chi connectivity index (χ3n) is 4.88. The number of rotatable bonds is 12. The van der Waals surface area contributed by atoms with Crippen molar-refractivity contribution < 1.29 is 70.7 Å². The molecule has 0 radical (unpaired) electrons. The predicted octanol–water partition coefficient (Wildman–Crippen LogP) is 0.527. The van der Waals surface area contributed by atoms with Gasteiger partial charge < -0.3 is 38.9 Å². The van der Waals surface area contributed by atoms with E-state index in [0.717, 1.165) is 6.66 Å². The summed E-state index contributed by atoms with van der Waals surface area (Å²) in [5.41, 5.74) is 0. The molecule has 3 unspecified atom stereocenters. The second-order valence-corrected chi connectivity index (χ2v) is 13.0. The van der Waals surface area contributed by atoms with Crippen LogP contribution >= 0.6 is 23.2 Å². The number of phosphoric acid groups is 2. The molecule has 0 spiro atoms. The molecular weight excluding hydrogens is 525 g/mol. The summed E-state index contributed by atoms with van der Waals surface area (Å²) in [6, 6.07) is 0. The van der Waals surface area contributed by atoms with E-state index in [9.17, 15) is 38.6 Å². The summed E-state index contributed by atoms with van der Waals surface area (Å²) < 4.78 is 71.4. The molecular formula is C16H33O15P3. The summed E-state index contributed by atoms with van der Waals surface area (Å²) in [5, 5.41) is 20.5. The minimum absolute atomic E-state index is 0.511. The highest BCUT2D eigenvalue weighted by molar-refractivity contribution is 7.51. The average Bonchev–Trinajstić information content (AvgIpc) is 3.07. The van der Waals surface area contributed by atoms with Gasteiger partial charge >= 0.3 is 23.2 Å². The van der Waals surface area contributed by atoms with Gasteiger partial charge in [0.2, 0.25) is 0 Å². The van der Waals surface area contributed by atoms with Crippen LogP contribution in [0.3, 0.4) is 0 Å². The van der Waals surface area contributed by atoms with E-state index in [2.05, 4.69) is 0 Å². The van der Waals surface area contributed by atoms with Gasteiger partial charge in [-0.3, -0.25) is 22.7 Å². The minimum Gasteiger partial charge on any atom is -0.388 e. The van der Waals surface area contributed by atoms with Gasteiger partial charge in [-0.25, -0.2) is 9.13 Å². The van der Waals surface area contributed by atoms with Gasteiger partial charge in [-0.15, -0.1) is 0 Å². The van der Waals surface area contributed by atoms with E-state index in [1.165, 1.54) is 27.7 Å². The lowest BCUT2D eigenvalue weighted by atomic mass is 10.1. The van der Waals surface area contributed by atoms with E-state index in [1.807, 2.05) is 0 Å². The molecule has 202 valence electrons. The quantitative estimate of drug-likeness (QED) is 0.206. The van der Waals surface area contributed by atoms with E-state index < -0.39 is 91.4 Å². The monoisotopic (exact) mass is 558 g/mol. The highest BCUT2D eigenvalue weighted by Crippen LogP contribution is 2.51. The second kappa shape index (κ2) is 11.7. The summed E-state index contributed by atoms with van der Waals surface area (Å²) in [4.78, 5) is 29.3. The zero-order valence-corrected chi connectivity index (χ0v) is 22.0. The van der Waals surface area contributed by atoms with Crippen molar-refractivity contribution in [3.63, 3.8) is 0 Å². The number of hydrogen-bond donors (Lipinski definition) is 5. The highest BCUT2D eigenvalue weighted by atomic mass is 31.2. The Kier molecular flexibility index (Phi) is 10.5. The van der Waals surface area contributed by atoms with Crippen molar-refractivity contribution in [1.82, 2.24) is 0 Å². The van der Waals surface area contributed by atoms with Crippen LogP contribution in [0.2, 0.25) is 0 Å². The maximum absolute atomic E-state index is 12.5. The molecule has 11 atom stereocenters. The summed E-state index contributed by atoms with van der Waals surface area (Å²) in [6.45, 7) is 5.62. The Morgan fingerprint density at radius 2 is 1.21 bits per heavy atom. The maximum Gasteiger partial charge on any atom is 0.472 e. The number of ether oxygens (including phenoxy) is 2. The fraction of sp³-hybridized carbons (Fsp3) is 1.00. The van der Waals surface area contributed by atoms with Gasteiger partial charge in [-0.2, -0.15) is 0 Å². The lowest BCUT2D eigenvalue weighted by Gasteiger charge is -2.26. The molecule has 0 bridgehead atoms. The van der Waals surface area contributed by atoms with Crippen molar-refractivity contribution in [2.75, 3.05) is 19.9 Å². The molecule has 0 aromatic carbocycles. The summed E-state index contributed by atoms with van der Waals surface area (Å²) in [6.07, 6.45) is -10.4. The van der Waals surface area contributed by atoms with Crippen molar-refractivity contribution >= 4 is 23.2 Å². The first kappa shape index (κ1) is 30.4. The van der Waals surface area contributed by atoms with E-state index in [1.54, 1.807) is 0 Å². The van der Waals surface area contributed by atoms with Crippen LogP contribution in [0.15, 0.2) is 0 Å². The molecule has 0 saturated carbocycles. The lowest BCUT2D eigenvalue weighted by Crippen LogP contribution is -2.37. The number of phosphoric ester groups is 2. The summed E-state index contributed by atoms with van der Waals surface area (Å²) in [7, 11) is -13.4. The van der Waals surface area contributed by atoms with E-state index in [4.69, 9.17) is 32.1 Å². The number of hydrogen-bond acceptors (Lipinski definition) is 12. The molecule has 0 aromatic heterocycles. The summed E-state index contributed by atoms with van der Waals surface area (Å²) >= 11 is 0. The fourth-order valence-electron chi connectivity index (χ4n) is 3.38. The van der Waals surface area contributed by atoms with Crippen molar-refractivity contribution in [2.45, 2.75) is 82.6 Å². The van der Waals surface area contributed by atoms with Crippen molar-refractivity contribution in [3.05, 3.63) is 0 Å². The standard InChI is InChI=1S/C16H33O15P3/c1-8(2)29-34(23,24)31-16-12(28-10(4)14(16)18)7-26-33(21,22)30-15-11(6-25-32(5,19)20)27-9(3)13(15)17/h8-18H,6-7H2,1-5H3,(H,19,20)(H,21,22)(H,23,24)/t9-,10-,11+,12+,13-,14-,15+,16+/m0/s1. The van der Waals surface area contributed by atoms with Gasteiger partial charge in [0.15, 0.2) is 0 Å². The second-order valence-electron chi connectivity index (χ2n) is 8.37.